The summed E-state index contributed by atoms with van der Waals surface area (Å²) >= 11 is 0. The van der Waals surface area contributed by atoms with E-state index < -0.39 is 16.6 Å². The molecular formula is C28H53NO3Si2. The van der Waals surface area contributed by atoms with E-state index in [1.807, 2.05) is 0 Å². The number of hydrogen-bond donors (Lipinski definition) is 0. The second-order valence-corrected chi connectivity index (χ2v) is 23.6. The molecule has 0 amide bonds. The largest absolute Gasteiger partial charge is 0.415 e. The molecule has 4 aliphatic carbocycles. The third-order valence-electron chi connectivity index (χ3n) is 10.4. The summed E-state index contributed by atoms with van der Waals surface area (Å²) in [6.07, 6.45) is 12.7. The standard InChI is InChI=1S/C28H53NO3Si2/c1-27-16-14-21(32-34(7,8)9)18-20(27)10-11-22-23-12-13-25(28(23,2)17-15-24(22)27)26(29-30-3)19-31-33(4,5)6/h20-25H,10-19H2,1-9H3/b29-26-/t20-,21+,22-,23-,24-,25+,27-,28-/m0/s1. The molecule has 4 rings (SSSR count). The summed E-state index contributed by atoms with van der Waals surface area (Å²) in [4.78, 5) is 5.36. The van der Waals surface area contributed by atoms with Crippen molar-refractivity contribution in [2.45, 2.75) is 117 Å². The maximum Gasteiger partial charge on any atom is 0.184 e. The fraction of sp³-hybridized carbons (Fsp3) is 0.964. The topological polar surface area (TPSA) is 40.0 Å². The van der Waals surface area contributed by atoms with Gasteiger partial charge in [-0.25, -0.2) is 0 Å². The lowest BCUT2D eigenvalue weighted by molar-refractivity contribution is -0.121. The number of nitrogens with zero attached hydrogens (tertiary/aromatic N) is 1. The molecule has 8 atom stereocenters. The van der Waals surface area contributed by atoms with Gasteiger partial charge in [0.25, 0.3) is 0 Å². The summed E-state index contributed by atoms with van der Waals surface area (Å²) in [7, 11) is -1.35. The van der Waals surface area contributed by atoms with Crippen LogP contribution in [0.1, 0.15) is 71.6 Å². The number of oxime groups is 1. The van der Waals surface area contributed by atoms with Crippen LogP contribution in [-0.4, -0.2) is 42.2 Å². The predicted molar refractivity (Wildman–Crippen MR) is 147 cm³/mol. The van der Waals surface area contributed by atoms with Gasteiger partial charge in [-0.05, 0) is 132 Å². The SMILES string of the molecule is CO/N=C(/CO[Si](C)(C)C)[C@H]1CC[C@H]2[C@@H]3CC[C@H]4C[C@H](O[Si](C)(C)C)CC[C@]4(C)[C@H]3CC[C@]12C. The maximum atomic E-state index is 6.61. The van der Waals surface area contributed by atoms with Crippen molar-refractivity contribution in [3.8, 4) is 0 Å². The highest BCUT2D eigenvalue weighted by atomic mass is 28.4. The fourth-order valence-corrected chi connectivity index (χ4v) is 10.8. The Morgan fingerprint density at radius 1 is 0.824 bits per heavy atom. The van der Waals surface area contributed by atoms with Crippen molar-refractivity contribution in [1.29, 1.82) is 0 Å². The lowest BCUT2D eigenvalue weighted by atomic mass is 9.44. The average molecular weight is 508 g/mol. The van der Waals surface area contributed by atoms with E-state index in [9.17, 15) is 0 Å². The Kier molecular flexibility index (Phi) is 7.59. The molecule has 196 valence electrons. The van der Waals surface area contributed by atoms with Crippen molar-refractivity contribution in [3.05, 3.63) is 0 Å². The van der Waals surface area contributed by atoms with Crippen LogP contribution >= 0.6 is 0 Å². The first-order valence-corrected chi connectivity index (χ1v) is 21.0. The van der Waals surface area contributed by atoms with Gasteiger partial charge in [0.2, 0.25) is 0 Å². The maximum absolute atomic E-state index is 6.61. The minimum Gasteiger partial charge on any atom is -0.415 e. The van der Waals surface area contributed by atoms with E-state index >= 15 is 0 Å². The highest BCUT2D eigenvalue weighted by Crippen LogP contribution is 2.67. The highest BCUT2D eigenvalue weighted by molar-refractivity contribution is 6.70. The minimum atomic E-state index is -1.59. The van der Waals surface area contributed by atoms with Crippen LogP contribution < -0.4 is 0 Å². The second kappa shape index (κ2) is 9.61. The van der Waals surface area contributed by atoms with Crippen LogP contribution in [0.5, 0.6) is 0 Å². The molecule has 4 saturated carbocycles. The zero-order valence-electron chi connectivity index (χ0n) is 23.7. The van der Waals surface area contributed by atoms with Gasteiger partial charge in [0.15, 0.2) is 16.6 Å². The molecule has 0 bridgehead atoms. The van der Waals surface area contributed by atoms with Gasteiger partial charge < -0.3 is 13.7 Å². The number of fused-ring (bicyclic) bond motifs is 5. The Bertz CT molecular complexity index is 760. The van der Waals surface area contributed by atoms with Gasteiger partial charge in [-0.2, -0.15) is 0 Å². The predicted octanol–water partition coefficient (Wildman–Crippen LogP) is 7.72. The van der Waals surface area contributed by atoms with E-state index in [1.54, 1.807) is 7.11 Å². The Balaban J connectivity index is 1.49. The third-order valence-corrected chi connectivity index (χ3v) is 12.5. The van der Waals surface area contributed by atoms with Crippen molar-refractivity contribution in [1.82, 2.24) is 0 Å². The van der Waals surface area contributed by atoms with Crippen molar-refractivity contribution < 1.29 is 13.7 Å². The molecular weight excluding hydrogens is 454 g/mol. The molecule has 0 aromatic carbocycles. The first kappa shape index (κ1) is 26.9. The molecule has 34 heavy (non-hydrogen) atoms. The van der Waals surface area contributed by atoms with Gasteiger partial charge >= 0.3 is 0 Å². The van der Waals surface area contributed by atoms with Crippen molar-refractivity contribution >= 4 is 22.3 Å². The van der Waals surface area contributed by atoms with Crippen LogP contribution in [0, 0.1) is 40.4 Å². The fourth-order valence-electron chi connectivity index (χ4n) is 8.97. The first-order valence-electron chi connectivity index (χ1n) is 14.2. The van der Waals surface area contributed by atoms with Crippen LogP contribution in [0.4, 0.5) is 0 Å². The molecule has 4 aliphatic rings. The molecule has 0 aliphatic heterocycles. The normalized spacial score (nSPS) is 43.1. The summed E-state index contributed by atoms with van der Waals surface area (Å²) in [5.74, 6) is 4.00. The molecule has 0 heterocycles. The Hall–Kier alpha value is -0.176. The van der Waals surface area contributed by atoms with Crippen LogP contribution in [0.3, 0.4) is 0 Å². The minimum absolute atomic E-state index is 0.350. The monoisotopic (exact) mass is 507 g/mol. The van der Waals surface area contributed by atoms with Gasteiger partial charge in [-0.15, -0.1) is 0 Å². The number of hydrogen-bond acceptors (Lipinski definition) is 4. The van der Waals surface area contributed by atoms with E-state index in [0.717, 1.165) is 23.7 Å². The zero-order chi connectivity index (χ0) is 24.9. The summed E-state index contributed by atoms with van der Waals surface area (Å²) < 4.78 is 12.9. The van der Waals surface area contributed by atoms with Crippen molar-refractivity contribution in [2.75, 3.05) is 13.7 Å². The molecule has 4 nitrogen and oxygen atoms in total. The molecule has 0 aromatic rings. The molecule has 0 N–H and O–H groups in total. The van der Waals surface area contributed by atoms with E-state index in [1.165, 1.54) is 63.5 Å². The van der Waals surface area contributed by atoms with Crippen molar-refractivity contribution in [3.63, 3.8) is 0 Å². The Morgan fingerprint density at radius 2 is 1.50 bits per heavy atom. The van der Waals surface area contributed by atoms with E-state index in [2.05, 4.69) is 58.3 Å². The van der Waals surface area contributed by atoms with Crippen molar-refractivity contribution in [2.24, 2.45) is 45.6 Å². The summed E-state index contributed by atoms with van der Waals surface area (Å²) in [5, 5.41) is 4.57. The Labute approximate surface area is 212 Å². The smallest absolute Gasteiger partial charge is 0.184 e. The van der Waals surface area contributed by atoms with Crippen LogP contribution in [0.25, 0.3) is 0 Å². The quantitative estimate of drug-likeness (QED) is 0.201. The van der Waals surface area contributed by atoms with Gasteiger partial charge in [0.05, 0.1) is 12.3 Å². The van der Waals surface area contributed by atoms with Gasteiger partial charge in [-0.3, -0.25) is 0 Å². The van der Waals surface area contributed by atoms with Gasteiger partial charge in [-0.1, -0.05) is 19.0 Å². The summed E-state index contributed by atoms with van der Waals surface area (Å²) in [6.45, 7) is 19.8. The van der Waals surface area contributed by atoms with Crippen LogP contribution in [0.15, 0.2) is 5.16 Å². The average Bonchev–Trinajstić information content (AvgIpc) is 3.07. The van der Waals surface area contributed by atoms with E-state index in [4.69, 9.17) is 13.7 Å². The first-order chi connectivity index (χ1) is 15.8. The Morgan fingerprint density at radius 3 is 2.15 bits per heavy atom. The van der Waals surface area contributed by atoms with Crippen LogP contribution in [0.2, 0.25) is 39.3 Å². The third kappa shape index (κ3) is 5.26. The molecule has 4 fully saturated rings. The highest BCUT2D eigenvalue weighted by Gasteiger charge is 2.61. The number of rotatable bonds is 7. The summed E-state index contributed by atoms with van der Waals surface area (Å²) in [6, 6.07) is 0. The molecule has 0 radical (unpaired) electrons. The molecule has 0 unspecified atom stereocenters. The molecule has 0 spiro atoms. The molecule has 0 saturated heterocycles. The van der Waals surface area contributed by atoms with Crippen LogP contribution in [-0.2, 0) is 13.7 Å². The van der Waals surface area contributed by atoms with E-state index in [-0.39, 0.29) is 0 Å². The molecule has 6 heteroatoms. The summed E-state index contributed by atoms with van der Waals surface area (Å²) in [5.41, 5.74) is 2.05. The lowest BCUT2D eigenvalue weighted by Gasteiger charge is -2.61. The second-order valence-electron chi connectivity index (χ2n) is 14.6. The molecule has 0 aromatic heterocycles. The van der Waals surface area contributed by atoms with E-state index in [0.29, 0.717) is 29.5 Å². The van der Waals surface area contributed by atoms with Gasteiger partial charge in [0, 0.05) is 12.0 Å². The zero-order valence-corrected chi connectivity index (χ0v) is 25.7. The van der Waals surface area contributed by atoms with Gasteiger partial charge in [0.1, 0.15) is 7.11 Å². The lowest BCUT2D eigenvalue weighted by Crippen LogP contribution is -2.55.